The molecule has 1 aromatic rings. The van der Waals surface area contributed by atoms with Crippen LogP contribution >= 0.6 is 38.3 Å². The van der Waals surface area contributed by atoms with E-state index in [1.165, 1.54) is 8.86 Å². The first kappa shape index (κ1) is 14.6. The van der Waals surface area contributed by atoms with E-state index in [0.29, 0.717) is 0 Å². The Hall–Kier alpha value is 0.660. The van der Waals surface area contributed by atoms with Gasteiger partial charge in [-0.05, 0) is 0 Å². The molecule has 2 saturated heterocycles. The van der Waals surface area contributed by atoms with Crippen molar-refractivity contribution in [1.29, 1.82) is 0 Å². The summed E-state index contributed by atoms with van der Waals surface area (Å²) in [6, 6.07) is 9.99. The van der Waals surface area contributed by atoms with Gasteiger partial charge in [0.2, 0.25) is 0 Å². The van der Waals surface area contributed by atoms with Crippen LogP contribution in [0.15, 0.2) is 35.2 Å². The Bertz CT molecular complexity index is 530. The second kappa shape index (κ2) is 5.81. The van der Waals surface area contributed by atoms with Crippen LogP contribution in [0.4, 0.5) is 0 Å². The minimum atomic E-state index is -2.00. The molecule has 3 atom stereocenters. The van der Waals surface area contributed by atoms with Crippen LogP contribution in [0.1, 0.15) is 0 Å². The molecule has 108 valence electrons. The van der Waals surface area contributed by atoms with Crippen molar-refractivity contribution < 1.29 is 8.95 Å². The molecule has 0 saturated carbocycles. The minimum absolute atomic E-state index is 0.785. The predicted octanol–water partition coefficient (Wildman–Crippen LogP) is 3.10. The molecule has 2 bridgehead atoms. The molecule has 0 amide bonds. The van der Waals surface area contributed by atoms with Crippen LogP contribution in [0.5, 0.6) is 0 Å². The van der Waals surface area contributed by atoms with Crippen molar-refractivity contribution in [2.75, 3.05) is 27.0 Å². The van der Waals surface area contributed by atoms with Gasteiger partial charge in [0.1, 0.15) is 0 Å². The van der Waals surface area contributed by atoms with E-state index in [2.05, 4.69) is 10.8 Å². The number of fused-ring (bicyclic) bond motifs is 2. The van der Waals surface area contributed by atoms with E-state index in [-0.39, 0.29) is 0 Å². The first-order chi connectivity index (χ1) is 9.09. The molecule has 2 aliphatic rings. The fourth-order valence-corrected chi connectivity index (χ4v) is 34.8. The summed E-state index contributed by atoms with van der Waals surface area (Å²) in [6.07, 6.45) is 0. The summed E-state index contributed by atoms with van der Waals surface area (Å²) in [5, 5.41) is 0. The Morgan fingerprint density at radius 1 is 1.21 bits per heavy atom. The van der Waals surface area contributed by atoms with Crippen molar-refractivity contribution in [3.63, 3.8) is 0 Å². The number of halogens is 2. The summed E-state index contributed by atoms with van der Waals surface area (Å²) < 4.78 is 23.0. The molecule has 3 rings (SSSR count). The third-order valence-electron chi connectivity index (χ3n) is 3.70. The van der Waals surface area contributed by atoms with Gasteiger partial charge in [-0.25, -0.2) is 0 Å². The number of rotatable bonds is 2. The summed E-state index contributed by atoms with van der Waals surface area (Å²) in [4.78, 5) is 3.50. The molecule has 2 nitrogen and oxygen atoms in total. The standard InChI is InChI=1S/C14H20I2O2S/c1-15-12-8-16(9-13(15)11-18-10-12)19(2,17)14-6-4-3-5-7-14/h3-7,12-13H,2,8-11H2,1H3. The number of hydrogen-bond acceptors (Lipinski definition) is 2. The van der Waals surface area contributed by atoms with Gasteiger partial charge in [-0.3, -0.25) is 0 Å². The average Bonchev–Trinajstić information content (AvgIpc) is 2.39. The molecule has 3 unspecified atom stereocenters. The van der Waals surface area contributed by atoms with Crippen LogP contribution < -0.4 is 0 Å². The van der Waals surface area contributed by atoms with Gasteiger partial charge in [-0.1, -0.05) is 0 Å². The second-order valence-corrected chi connectivity index (χ2v) is 24.6. The van der Waals surface area contributed by atoms with E-state index in [1.54, 1.807) is 0 Å². The molecule has 0 aromatic heterocycles. The second-order valence-electron chi connectivity index (χ2n) is 4.92. The van der Waals surface area contributed by atoms with E-state index in [1.807, 2.05) is 30.3 Å². The third kappa shape index (κ3) is 2.85. The maximum atomic E-state index is 13.2. The summed E-state index contributed by atoms with van der Waals surface area (Å²) in [7, 11) is 0. The molecule has 0 N–H and O–H groups in total. The van der Waals surface area contributed by atoms with Gasteiger partial charge in [0.05, 0.1) is 0 Å². The Kier molecular flexibility index (Phi) is 4.46. The third-order valence-corrected chi connectivity index (χ3v) is 29.3. The van der Waals surface area contributed by atoms with Crippen LogP contribution in [-0.4, -0.2) is 44.9 Å². The molecular weight excluding hydrogens is 486 g/mol. The molecule has 0 spiro atoms. The van der Waals surface area contributed by atoms with Gasteiger partial charge in [0.15, 0.2) is 0 Å². The maximum absolute atomic E-state index is 13.2. The van der Waals surface area contributed by atoms with E-state index in [9.17, 15) is 4.21 Å². The fraction of sp³-hybridized carbons (Fsp3) is 0.500. The van der Waals surface area contributed by atoms with E-state index < -0.39 is 44.9 Å². The molecule has 0 aliphatic carbocycles. The van der Waals surface area contributed by atoms with Gasteiger partial charge in [0.25, 0.3) is 0 Å². The fourth-order valence-electron chi connectivity index (χ4n) is 2.44. The zero-order chi connectivity index (χ0) is 13.5. The van der Waals surface area contributed by atoms with E-state index >= 15 is 0 Å². The van der Waals surface area contributed by atoms with Gasteiger partial charge in [-0.2, -0.15) is 0 Å². The summed E-state index contributed by atoms with van der Waals surface area (Å²) >= 11 is -2.35. The topological polar surface area (TPSA) is 26.3 Å². The number of benzene rings is 1. The average molecular weight is 506 g/mol. The van der Waals surface area contributed by atoms with Crippen LogP contribution in [0.25, 0.3) is 0 Å². The van der Waals surface area contributed by atoms with Crippen molar-refractivity contribution in [2.24, 2.45) is 0 Å². The molecule has 2 heterocycles. The molecule has 2 aliphatic heterocycles. The summed E-state index contributed by atoms with van der Waals surface area (Å²) in [6.45, 7) is -0.120. The van der Waals surface area contributed by atoms with Crippen molar-refractivity contribution in [1.82, 2.24) is 0 Å². The van der Waals surface area contributed by atoms with Crippen molar-refractivity contribution in [3.05, 3.63) is 30.3 Å². The SMILES string of the molecule is C=S(=O)(c1ccccc1)I1CC2COCC(C1)I2C. The zero-order valence-corrected chi connectivity index (χ0v) is 16.2. The van der Waals surface area contributed by atoms with Gasteiger partial charge in [-0.15, -0.1) is 0 Å². The molecule has 5 heteroatoms. The van der Waals surface area contributed by atoms with Crippen LogP contribution in [0.2, 0.25) is 0 Å². The molecule has 1 aromatic carbocycles. The normalized spacial score (nSPS) is 33.7. The Morgan fingerprint density at radius 2 is 1.79 bits per heavy atom. The van der Waals surface area contributed by atoms with Crippen LogP contribution in [-0.2, 0) is 11.4 Å². The van der Waals surface area contributed by atoms with Crippen molar-refractivity contribution in [2.45, 2.75) is 12.7 Å². The van der Waals surface area contributed by atoms with Crippen LogP contribution in [0.3, 0.4) is 0 Å². The summed E-state index contributed by atoms with van der Waals surface area (Å²) in [5.74, 6) is 4.19. The quantitative estimate of drug-likeness (QED) is 0.267. The van der Waals surface area contributed by atoms with Gasteiger partial charge in [0, 0.05) is 0 Å². The van der Waals surface area contributed by atoms with E-state index in [4.69, 9.17) is 4.74 Å². The van der Waals surface area contributed by atoms with Crippen LogP contribution in [0, 0.1) is 0 Å². The summed E-state index contributed by atoms with van der Waals surface area (Å²) in [5.41, 5.74) is 0. The van der Waals surface area contributed by atoms with E-state index in [0.717, 1.165) is 26.0 Å². The van der Waals surface area contributed by atoms with Crippen molar-refractivity contribution in [3.8, 4) is 0 Å². The monoisotopic (exact) mass is 506 g/mol. The molecule has 2 fully saturated rings. The Morgan fingerprint density at radius 3 is 2.37 bits per heavy atom. The first-order valence-electron chi connectivity index (χ1n) is 6.28. The predicted molar refractivity (Wildman–Crippen MR) is 102 cm³/mol. The Labute approximate surface area is 128 Å². The van der Waals surface area contributed by atoms with Gasteiger partial charge < -0.3 is 0 Å². The molecular formula is C14H20I2O2S. The van der Waals surface area contributed by atoms with Crippen molar-refractivity contribution >= 4 is 50.8 Å². The Balaban J connectivity index is 1.87. The first-order valence-corrected chi connectivity index (χ1v) is 18.3. The number of alkyl halides is 5. The number of hydrogen-bond donors (Lipinski definition) is 0. The van der Waals surface area contributed by atoms with Gasteiger partial charge >= 0.3 is 130 Å². The number of ether oxygens (including phenoxy) is 1. The zero-order valence-electron chi connectivity index (χ0n) is 11.1. The molecule has 19 heavy (non-hydrogen) atoms. The molecule has 0 radical (unpaired) electrons.